The van der Waals surface area contributed by atoms with Crippen molar-refractivity contribution in [3.05, 3.63) is 51.4 Å². The Morgan fingerprint density at radius 3 is 2.47 bits per heavy atom. The average Bonchev–Trinajstić information content (AvgIpc) is 2.41. The predicted octanol–water partition coefficient (Wildman–Crippen LogP) is 2.51. The summed E-state index contributed by atoms with van der Waals surface area (Å²) < 4.78 is 12.3. The quantitative estimate of drug-likeness (QED) is 0.493. The van der Waals surface area contributed by atoms with E-state index in [4.69, 9.17) is 11.6 Å². The molecule has 0 aliphatic rings. The van der Waals surface area contributed by atoms with Gasteiger partial charge in [-0.15, -0.1) is 0 Å². The van der Waals surface area contributed by atoms with Crippen molar-refractivity contribution >= 4 is 28.1 Å². The smallest absolute Gasteiger partial charge is 0.258 e. The minimum Gasteiger partial charge on any atom is -0.258 e. The minimum absolute atomic E-state index is 0.0642. The average molecular weight is 298 g/mol. The van der Waals surface area contributed by atoms with Crippen LogP contribution in [0.1, 0.15) is 5.69 Å². The van der Waals surface area contributed by atoms with Crippen LogP contribution in [0.25, 0.3) is 0 Å². The number of non-ortho nitro benzene ring substituents is 1. The zero-order valence-electron chi connectivity index (χ0n) is 9.74. The lowest BCUT2D eigenvalue weighted by atomic mass is 10.3. The summed E-state index contributed by atoms with van der Waals surface area (Å²) in [5, 5.41) is 11.0. The maximum absolute atomic E-state index is 12.3. The van der Waals surface area contributed by atoms with E-state index in [9.17, 15) is 14.3 Å². The Balaban J connectivity index is 2.39. The SMILES string of the molecule is Cc1ncnc(S(=O)c2ccc([N+](=O)[O-])cc2)c1Cl. The van der Waals surface area contributed by atoms with Gasteiger partial charge in [0.25, 0.3) is 5.69 Å². The standard InChI is InChI=1S/C11H8ClN3O3S/c1-7-10(12)11(14-6-13-7)19(18)9-4-2-8(3-5-9)15(16)17/h2-6H,1H3. The summed E-state index contributed by atoms with van der Waals surface area (Å²) in [6, 6.07) is 5.41. The highest BCUT2D eigenvalue weighted by atomic mass is 35.5. The van der Waals surface area contributed by atoms with Crippen LogP contribution in [0, 0.1) is 17.0 Å². The number of nitro groups is 1. The highest BCUT2D eigenvalue weighted by Gasteiger charge is 2.16. The summed E-state index contributed by atoms with van der Waals surface area (Å²) >= 11 is 5.99. The number of halogens is 1. The zero-order chi connectivity index (χ0) is 14.0. The summed E-state index contributed by atoms with van der Waals surface area (Å²) in [5.74, 6) is 0. The Hall–Kier alpha value is -1.86. The van der Waals surface area contributed by atoms with Gasteiger partial charge in [0.1, 0.15) is 17.1 Å². The van der Waals surface area contributed by atoms with Crippen molar-refractivity contribution < 1.29 is 9.13 Å². The van der Waals surface area contributed by atoms with Gasteiger partial charge in [-0.05, 0) is 19.1 Å². The lowest BCUT2D eigenvalue weighted by Crippen LogP contribution is -2.00. The molecule has 0 bridgehead atoms. The van der Waals surface area contributed by atoms with E-state index in [2.05, 4.69) is 9.97 Å². The molecule has 98 valence electrons. The first kappa shape index (κ1) is 13.6. The predicted molar refractivity (Wildman–Crippen MR) is 69.5 cm³/mol. The normalized spacial score (nSPS) is 12.1. The van der Waals surface area contributed by atoms with Crippen molar-refractivity contribution in [3.63, 3.8) is 0 Å². The highest BCUT2D eigenvalue weighted by molar-refractivity contribution is 7.85. The summed E-state index contributed by atoms with van der Waals surface area (Å²) in [6.45, 7) is 1.68. The van der Waals surface area contributed by atoms with Gasteiger partial charge in [-0.1, -0.05) is 11.6 Å². The molecule has 1 aromatic carbocycles. The first-order chi connectivity index (χ1) is 9.00. The fourth-order valence-electron chi connectivity index (χ4n) is 1.37. The number of rotatable bonds is 3. The van der Waals surface area contributed by atoms with Crippen LogP contribution < -0.4 is 0 Å². The topological polar surface area (TPSA) is 86.0 Å². The number of aryl methyl sites for hydroxylation is 1. The molecule has 0 saturated heterocycles. The molecule has 1 atom stereocenters. The molecule has 1 unspecified atom stereocenters. The molecule has 0 N–H and O–H groups in total. The van der Waals surface area contributed by atoms with Gasteiger partial charge in [-0.2, -0.15) is 0 Å². The lowest BCUT2D eigenvalue weighted by molar-refractivity contribution is -0.384. The fraction of sp³-hybridized carbons (Fsp3) is 0.0909. The second kappa shape index (κ2) is 5.41. The second-order valence-electron chi connectivity index (χ2n) is 3.60. The molecule has 0 saturated carbocycles. The van der Waals surface area contributed by atoms with Gasteiger partial charge in [0.05, 0.1) is 15.6 Å². The number of nitro benzene ring substituents is 1. The van der Waals surface area contributed by atoms with Gasteiger partial charge in [0.15, 0.2) is 5.03 Å². The molecule has 0 spiro atoms. The monoisotopic (exact) mass is 297 g/mol. The molecule has 8 heteroatoms. The van der Waals surface area contributed by atoms with E-state index in [1.165, 1.54) is 30.6 Å². The van der Waals surface area contributed by atoms with E-state index in [1.54, 1.807) is 6.92 Å². The summed E-state index contributed by atoms with van der Waals surface area (Å²) in [7, 11) is -1.60. The molecule has 0 aliphatic carbocycles. The van der Waals surface area contributed by atoms with Crippen molar-refractivity contribution in [2.45, 2.75) is 16.8 Å². The summed E-state index contributed by atoms with van der Waals surface area (Å²) in [4.78, 5) is 18.2. The largest absolute Gasteiger partial charge is 0.269 e. The second-order valence-corrected chi connectivity index (χ2v) is 5.37. The van der Waals surface area contributed by atoms with Crippen LogP contribution in [0.15, 0.2) is 40.5 Å². The number of hydrogen-bond donors (Lipinski definition) is 0. The van der Waals surface area contributed by atoms with Crippen molar-refractivity contribution in [2.24, 2.45) is 0 Å². The van der Waals surface area contributed by atoms with Gasteiger partial charge >= 0.3 is 0 Å². The van der Waals surface area contributed by atoms with E-state index < -0.39 is 15.7 Å². The zero-order valence-corrected chi connectivity index (χ0v) is 11.3. The number of hydrogen-bond acceptors (Lipinski definition) is 5. The van der Waals surface area contributed by atoms with Crippen LogP contribution in [0.3, 0.4) is 0 Å². The Morgan fingerprint density at radius 1 is 1.26 bits per heavy atom. The first-order valence-corrected chi connectivity index (χ1v) is 6.67. The Bertz CT molecular complexity index is 661. The third kappa shape index (κ3) is 2.77. The molecule has 0 fully saturated rings. The van der Waals surface area contributed by atoms with Gasteiger partial charge in [-0.25, -0.2) is 14.2 Å². The number of nitrogens with zero attached hydrogens (tertiary/aromatic N) is 3. The van der Waals surface area contributed by atoms with Gasteiger partial charge in [0, 0.05) is 17.0 Å². The van der Waals surface area contributed by atoms with E-state index in [0.717, 1.165) is 0 Å². The summed E-state index contributed by atoms with van der Waals surface area (Å²) in [5.41, 5.74) is 0.465. The Labute approximate surface area is 116 Å². The van der Waals surface area contributed by atoms with Crippen molar-refractivity contribution in [1.82, 2.24) is 9.97 Å². The van der Waals surface area contributed by atoms with E-state index in [0.29, 0.717) is 10.6 Å². The van der Waals surface area contributed by atoms with Crippen molar-refractivity contribution in [3.8, 4) is 0 Å². The van der Waals surface area contributed by atoms with Crippen LogP contribution in [0.5, 0.6) is 0 Å². The molecule has 0 aliphatic heterocycles. The maximum Gasteiger partial charge on any atom is 0.269 e. The maximum atomic E-state index is 12.3. The minimum atomic E-state index is -1.60. The number of aromatic nitrogens is 2. The van der Waals surface area contributed by atoms with Crippen LogP contribution in [-0.4, -0.2) is 19.1 Å². The molecular formula is C11H8ClN3O3S. The highest BCUT2D eigenvalue weighted by Crippen LogP contribution is 2.24. The van der Waals surface area contributed by atoms with Crippen LogP contribution in [-0.2, 0) is 10.8 Å². The Kier molecular flexibility index (Phi) is 3.87. The van der Waals surface area contributed by atoms with Gasteiger partial charge in [0.2, 0.25) is 0 Å². The molecule has 0 radical (unpaired) electrons. The number of benzene rings is 1. The molecule has 0 amide bonds. The van der Waals surface area contributed by atoms with Crippen LogP contribution >= 0.6 is 11.6 Å². The third-order valence-electron chi connectivity index (χ3n) is 2.37. The van der Waals surface area contributed by atoms with Gasteiger partial charge < -0.3 is 0 Å². The fourth-order valence-corrected chi connectivity index (χ4v) is 2.74. The molecule has 2 rings (SSSR count). The molecule has 1 heterocycles. The van der Waals surface area contributed by atoms with Gasteiger partial charge in [-0.3, -0.25) is 10.1 Å². The van der Waals surface area contributed by atoms with E-state index in [1.807, 2.05) is 0 Å². The molecule has 6 nitrogen and oxygen atoms in total. The summed E-state index contributed by atoms with van der Waals surface area (Å²) in [6.07, 6.45) is 1.28. The molecule has 1 aromatic heterocycles. The Morgan fingerprint density at radius 2 is 1.89 bits per heavy atom. The van der Waals surface area contributed by atoms with E-state index in [-0.39, 0.29) is 15.7 Å². The van der Waals surface area contributed by atoms with Crippen LogP contribution in [0.4, 0.5) is 5.69 Å². The first-order valence-electron chi connectivity index (χ1n) is 5.14. The third-order valence-corrected chi connectivity index (χ3v) is 4.29. The van der Waals surface area contributed by atoms with Crippen LogP contribution in [0.2, 0.25) is 5.02 Å². The molecule has 19 heavy (non-hydrogen) atoms. The molecular weight excluding hydrogens is 290 g/mol. The lowest BCUT2D eigenvalue weighted by Gasteiger charge is -2.04. The molecule has 2 aromatic rings. The van der Waals surface area contributed by atoms with E-state index >= 15 is 0 Å². The van der Waals surface area contributed by atoms with Crippen molar-refractivity contribution in [2.75, 3.05) is 0 Å². The van der Waals surface area contributed by atoms with Crippen molar-refractivity contribution in [1.29, 1.82) is 0 Å².